The van der Waals surface area contributed by atoms with Crippen molar-refractivity contribution in [3.05, 3.63) is 51.5 Å². The van der Waals surface area contributed by atoms with Gasteiger partial charge in [0.1, 0.15) is 5.54 Å². The van der Waals surface area contributed by atoms with Crippen molar-refractivity contribution in [2.24, 2.45) is 0 Å². The smallest absolute Gasteiger partial charge is 0.255 e. The maximum absolute atomic E-state index is 12.6. The van der Waals surface area contributed by atoms with E-state index in [1.54, 1.807) is 0 Å². The molecule has 0 saturated carbocycles. The molecule has 1 amide bonds. The van der Waals surface area contributed by atoms with Crippen molar-refractivity contribution >= 4 is 17.4 Å². The van der Waals surface area contributed by atoms with Gasteiger partial charge in [0, 0.05) is 11.3 Å². The van der Waals surface area contributed by atoms with Crippen molar-refractivity contribution in [3.63, 3.8) is 0 Å². The highest BCUT2D eigenvalue weighted by molar-refractivity contribution is 7.06. The highest BCUT2D eigenvalue weighted by atomic mass is 32.1. The molecule has 0 radical (unpaired) electrons. The summed E-state index contributed by atoms with van der Waals surface area (Å²) in [5.41, 5.74) is 2.93. The van der Waals surface area contributed by atoms with Crippen LogP contribution in [0.5, 0.6) is 0 Å². The van der Waals surface area contributed by atoms with E-state index in [9.17, 15) is 10.1 Å². The van der Waals surface area contributed by atoms with E-state index in [-0.39, 0.29) is 5.91 Å². The van der Waals surface area contributed by atoms with E-state index in [0.29, 0.717) is 18.4 Å². The monoisotopic (exact) mass is 311 g/mol. The average molecular weight is 311 g/mol. The number of benzene rings is 1. The summed E-state index contributed by atoms with van der Waals surface area (Å²) in [5.74, 6) is -0.190. The minimum absolute atomic E-state index is 0.190. The summed E-state index contributed by atoms with van der Waals surface area (Å²) >= 11 is 1.32. The maximum Gasteiger partial charge on any atom is 0.255 e. The second kappa shape index (κ2) is 5.54. The second-order valence-corrected chi connectivity index (χ2v) is 6.77. The number of hydrogen-bond donors (Lipinski definition) is 1. The third kappa shape index (κ3) is 2.51. The van der Waals surface area contributed by atoms with Crippen molar-refractivity contribution in [3.8, 4) is 6.07 Å². The van der Waals surface area contributed by atoms with Crippen LogP contribution in [0, 0.1) is 25.2 Å². The van der Waals surface area contributed by atoms with E-state index in [2.05, 4.69) is 21.8 Å². The Hall–Kier alpha value is -2.19. The number of aryl methyl sites for hydroxylation is 3. The topological polar surface area (TPSA) is 65.8 Å². The number of carbonyl (C=O) groups excluding carboxylic acids is 1. The van der Waals surface area contributed by atoms with E-state index in [4.69, 9.17) is 0 Å². The molecule has 5 heteroatoms. The molecule has 1 aliphatic carbocycles. The van der Waals surface area contributed by atoms with Crippen LogP contribution in [0.2, 0.25) is 0 Å². The molecular weight excluding hydrogens is 294 g/mol. The van der Waals surface area contributed by atoms with Crippen LogP contribution in [0.25, 0.3) is 0 Å². The van der Waals surface area contributed by atoms with Gasteiger partial charge in [0.2, 0.25) is 0 Å². The van der Waals surface area contributed by atoms with Crippen LogP contribution in [0.4, 0.5) is 0 Å². The fourth-order valence-corrected chi connectivity index (χ4v) is 3.75. The first-order valence-electron chi connectivity index (χ1n) is 7.28. The Kier molecular flexibility index (Phi) is 3.71. The zero-order valence-corrected chi connectivity index (χ0v) is 13.5. The minimum atomic E-state index is -0.827. The number of rotatable bonds is 2. The highest BCUT2D eigenvalue weighted by Gasteiger charge is 2.37. The van der Waals surface area contributed by atoms with Gasteiger partial charge in [-0.1, -0.05) is 24.3 Å². The van der Waals surface area contributed by atoms with Gasteiger partial charge in [-0.05, 0) is 49.3 Å². The molecule has 1 aromatic carbocycles. The van der Waals surface area contributed by atoms with E-state index in [1.165, 1.54) is 17.1 Å². The molecule has 0 bridgehead atoms. The quantitative estimate of drug-likeness (QED) is 0.927. The average Bonchev–Trinajstić information content (AvgIpc) is 2.86. The molecule has 3 rings (SSSR count). The van der Waals surface area contributed by atoms with Gasteiger partial charge in [-0.15, -0.1) is 0 Å². The predicted octanol–water partition coefficient (Wildman–Crippen LogP) is 2.94. The molecule has 22 heavy (non-hydrogen) atoms. The Labute approximate surface area is 134 Å². The number of fused-ring (bicyclic) bond motifs is 1. The van der Waals surface area contributed by atoms with Crippen LogP contribution in [0.1, 0.15) is 38.5 Å². The number of nitrogens with one attached hydrogen (secondary N) is 1. The van der Waals surface area contributed by atoms with Gasteiger partial charge in [-0.2, -0.15) is 9.64 Å². The predicted molar refractivity (Wildman–Crippen MR) is 85.9 cm³/mol. The fourth-order valence-electron chi connectivity index (χ4n) is 3.05. The molecule has 1 N–H and O–H groups in total. The lowest BCUT2D eigenvalue weighted by Gasteiger charge is -2.33. The first kappa shape index (κ1) is 14.7. The largest absolute Gasteiger partial charge is 0.333 e. The summed E-state index contributed by atoms with van der Waals surface area (Å²) < 4.78 is 4.21. The first-order valence-corrected chi connectivity index (χ1v) is 8.05. The zero-order valence-electron chi connectivity index (χ0n) is 12.6. The van der Waals surface area contributed by atoms with Crippen LogP contribution >= 0.6 is 11.5 Å². The van der Waals surface area contributed by atoms with Crippen LogP contribution in [0.15, 0.2) is 24.3 Å². The van der Waals surface area contributed by atoms with Gasteiger partial charge in [0.25, 0.3) is 5.91 Å². The lowest BCUT2D eigenvalue weighted by atomic mass is 9.78. The van der Waals surface area contributed by atoms with Crippen molar-refractivity contribution in [1.29, 1.82) is 5.26 Å². The van der Waals surface area contributed by atoms with E-state index in [0.717, 1.165) is 22.6 Å². The SMILES string of the molecule is Cc1nsc(C)c1C(=O)NC1(C#N)CCc2ccccc2C1. The molecule has 1 unspecified atom stereocenters. The number of aromatic nitrogens is 1. The summed E-state index contributed by atoms with van der Waals surface area (Å²) in [5, 5.41) is 12.6. The van der Waals surface area contributed by atoms with Gasteiger partial charge < -0.3 is 5.32 Å². The summed E-state index contributed by atoms with van der Waals surface area (Å²) in [6.45, 7) is 3.71. The van der Waals surface area contributed by atoms with Crippen LogP contribution in [-0.2, 0) is 12.8 Å². The normalized spacial score (nSPS) is 20.0. The molecule has 112 valence electrons. The summed E-state index contributed by atoms with van der Waals surface area (Å²) in [4.78, 5) is 13.5. The molecule has 0 saturated heterocycles. The third-order valence-corrected chi connectivity index (χ3v) is 5.10. The molecule has 4 nitrogen and oxygen atoms in total. The molecule has 1 aromatic heterocycles. The number of hydrogen-bond acceptors (Lipinski definition) is 4. The van der Waals surface area contributed by atoms with Crippen molar-refractivity contribution in [1.82, 2.24) is 9.69 Å². The zero-order chi connectivity index (χ0) is 15.7. The summed E-state index contributed by atoms with van der Waals surface area (Å²) in [6.07, 6.45) is 2.01. The Morgan fingerprint density at radius 1 is 1.36 bits per heavy atom. The number of amides is 1. The Balaban J connectivity index is 1.87. The maximum atomic E-state index is 12.6. The third-order valence-electron chi connectivity index (χ3n) is 4.26. The molecule has 2 aromatic rings. The van der Waals surface area contributed by atoms with E-state index < -0.39 is 5.54 Å². The Morgan fingerprint density at radius 3 is 2.73 bits per heavy atom. The van der Waals surface area contributed by atoms with Gasteiger partial charge in [-0.25, -0.2) is 0 Å². The molecule has 0 fully saturated rings. The van der Waals surface area contributed by atoms with Crippen molar-refractivity contribution < 1.29 is 4.79 Å². The molecule has 0 spiro atoms. The van der Waals surface area contributed by atoms with Crippen molar-refractivity contribution in [2.45, 2.75) is 38.6 Å². The summed E-state index contributed by atoms with van der Waals surface area (Å²) in [7, 11) is 0. The van der Waals surface area contributed by atoms with E-state index in [1.807, 2.05) is 32.0 Å². The minimum Gasteiger partial charge on any atom is -0.333 e. The molecular formula is C17H17N3OS. The standard InChI is InChI=1S/C17H17N3OS/c1-11-15(12(2)22-20-11)16(21)19-17(10-18)8-7-13-5-3-4-6-14(13)9-17/h3-6H,7-9H2,1-2H3,(H,19,21). The van der Waals surface area contributed by atoms with Gasteiger partial charge in [-0.3, -0.25) is 4.79 Å². The van der Waals surface area contributed by atoms with Gasteiger partial charge in [0.15, 0.2) is 0 Å². The lowest BCUT2D eigenvalue weighted by molar-refractivity contribution is 0.0912. The van der Waals surface area contributed by atoms with E-state index >= 15 is 0 Å². The summed E-state index contributed by atoms with van der Waals surface area (Å²) in [6, 6.07) is 10.5. The molecule has 1 atom stereocenters. The number of nitriles is 1. The van der Waals surface area contributed by atoms with Gasteiger partial charge >= 0.3 is 0 Å². The van der Waals surface area contributed by atoms with Crippen LogP contribution in [0.3, 0.4) is 0 Å². The molecule has 0 aliphatic heterocycles. The second-order valence-electron chi connectivity index (χ2n) is 5.79. The molecule has 1 aliphatic rings. The lowest BCUT2D eigenvalue weighted by Crippen LogP contribution is -2.51. The van der Waals surface area contributed by atoms with Gasteiger partial charge in [0.05, 0.1) is 17.3 Å². The molecule has 1 heterocycles. The Morgan fingerprint density at radius 2 is 2.09 bits per heavy atom. The fraction of sp³-hybridized carbons (Fsp3) is 0.353. The van der Waals surface area contributed by atoms with Crippen molar-refractivity contribution in [2.75, 3.05) is 0 Å². The van der Waals surface area contributed by atoms with Crippen LogP contribution < -0.4 is 5.32 Å². The number of nitrogens with zero attached hydrogens (tertiary/aromatic N) is 2. The Bertz CT molecular complexity index is 755. The highest BCUT2D eigenvalue weighted by Crippen LogP contribution is 2.29. The first-order chi connectivity index (χ1) is 10.5. The van der Waals surface area contributed by atoms with Crippen LogP contribution in [-0.4, -0.2) is 15.8 Å². The number of carbonyl (C=O) groups is 1.